The average Bonchev–Trinajstić information content (AvgIpc) is 1.74. The van der Waals surface area contributed by atoms with Gasteiger partial charge in [-0.15, -0.1) is 23.5 Å². The van der Waals surface area contributed by atoms with Gasteiger partial charge in [0.15, 0.2) is 0 Å². The van der Waals surface area contributed by atoms with E-state index >= 15 is 9.59 Å². The number of carboxylic acid groups (broad SMARTS) is 2. The second-order valence-electron chi connectivity index (χ2n) is 25.0. The molecule has 0 fully saturated rings. The highest BCUT2D eigenvalue weighted by atomic mass is 32.2. The van der Waals surface area contributed by atoms with Crippen molar-refractivity contribution in [2.24, 2.45) is 17.4 Å². The molecule has 3 aromatic carbocycles. The fraction of sp³-hybridized carbons (Fsp3) is 0.485. The van der Waals surface area contributed by atoms with Crippen LogP contribution in [0.1, 0.15) is 90.8 Å². The molecule has 0 aliphatic rings. The third kappa shape index (κ3) is 30.9. The molecule has 22 N–H and O–H groups in total. The standard InChI is InChI=1S/C68H96N16O19S2/c1-35(2)56(68(102)103)84-66(100)53(32-105-34-74-40(7)87)82-62(96)49(26-42-20-22-44(88)23-21-42)78-60(94)47(19-13-14-24-69)76-63(97)50(27-43-29-71-46-18-12-11-17-45(43)46)80-61(95)48(25-41-15-9-8-10-16-41)79-65(99)52(31-104-33-73-39(6)86)81-64(98)51(28-55(90)91)77-59(93)37(4)75-67(101)57(38(5)85)83-54(89)30-72-58(92)36(3)70/h8-12,15-18,20-23,29,35-38,47-53,56-57,71,85,88H,13-14,19,24-28,30-34,69-70H2,1-7H3,(H,72,92)(H,73,86)(H,74,87)(H,75,101)(H,76,97)(H,77,93)(H,78,94)(H,79,99)(H,80,95)(H,81,98)(H,82,96)(H,83,89)(H,84,100)(H,90,91)(H,102,103)/t36-,37-,38+,47-,48-,49-,50-,51-,52-,53-,56-,57-/m0/s1. The summed E-state index contributed by atoms with van der Waals surface area (Å²) in [6, 6.07) is 3.79. The van der Waals surface area contributed by atoms with Crippen LogP contribution in [0.2, 0.25) is 0 Å². The summed E-state index contributed by atoms with van der Waals surface area (Å²) in [6.45, 7) is 8.75. The molecule has 0 saturated carbocycles. The first-order chi connectivity index (χ1) is 49.7. The number of carbonyl (C=O) groups excluding carboxylic acids is 13. The maximum Gasteiger partial charge on any atom is 0.326 e. The fourth-order valence-corrected chi connectivity index (χ4v) is 11.8. The van der Waals surface area contributed by atoms with E-state index in [-0.39, 0.29) is 67.7 Å². The number of fused-ring (bicyclic) bond motifs is 1. The minimum Gasteiger partial charge on any atom is -0.508 e. The van der Waals surface area contributed by atoms with Gasteiger partial charge in [0.1, 0.15) is 66.2 Å². The number of thioether (sulfide) groups is 2. The normalized spacial score (nSPS) is 14.5. The Kier molecular flexibility index (Phi) is 36.7. The largest absolute Gasteiger partial charge is 0.508 e. The maximum atomic E-state index is 15.2. The Balaban J connectivity index is 1.73. The Morgan fingerprint density at radius 2 is 0.952 bits per heavy atom. The van der Waals surface area contributed by atoms with E-state index in [0.29, 0.717) is 34.0 Å². The van der Waals surface area contributed by atoms with Crippen molar-refractivity contribution in [3.8, 4) is 5.75 Å². The number of hydrogen-bond donors (Lipinski definition) is 20. The van der Waals surface area contributed by atoms with Crippen LogP contribution in [0.3, 0.4) is 0 Å². The molecule has 0 saturated heterocycles. The lowest BCUT2D eigenvalue weighted by molar-refractivity contribution is -0.143. The summed E-state index contributed by atoms with van der Waals surface area (Å²) in [6.07, 6.45) is -1.45. The van der Waals surface area contributed by atoms with Crippen LogP contribution in [0.15, 0.2) is 85.1 Å². The molecule has 37 heteroatoms. The number of rotatable bonds is 45. The molecule has 13 amide bonds. The SMILES string of the molecule is CC(=O)NCSC[C@H](NC(=O)[C@H](CC(=O)O)NC(=O)[C@H](C)NC(=O)[C@@H](NC(=O)CNC(=O)[C@H](C)N)[C@@H](C)O)C(=O)N[C@@H](Cc1ccccc1)C(=O)N[C@@H](Cc1c[nH]c2ccccc12)C(=O)N[C@@H](CCCCN)C(=O)N[C@@H](Cc1ccc(O)cc1)C(=O)N[C@@H](CSCNC(C)=O)C(=O)N[C@H](C(=O)O)C(C)C. The zero-order valence-corrected chi connectivity index (χ0v) is 60.8. The van der Waals surface area contributed by atoms with E-state index in [1.54, 1.807) is 74.6 Å². The van der Waals surface area contributed by atoms with Gasteiger partial charge < -0.3 is 106 Å². The molecule has 0 radical (unpaired) electrons. The van der Waals surface area contributed by atoms with E-state index in [0.717, 1.165) is 37.4 Å². The number of aromatic amines is 1. The second kappa shape index (κ2) is 44.3. The van der Waals surface area contributed by atoms with Crippen molar-refractivity contribution >= 4 is 123 Å². The second-order valence-corrected chi connectivity index (χ2v) is 27.1. The zero-order valence-electron chi connectivity index (χ0n) is 59.2. The summed E-state index contributed by atoms with van der Waals surface area (Å²) < 4.78 is 0. The number of phenols is 1. The molecule has 105 heavy (non-hydrogen) atoms. The van der Waals surface area contributed by atoms with Gasteiger partial charge in [-0.25, -0.2) is 4.79 Å². The average molecular weight is 1510 g/mol. The predicted octanol–water partition coefficient (Wildman–Crippen LogP) is -3.39. The topological polar surface area (TPSA) is 561 Å². The molecule has 574 valence electrons. The highest BCUT2D eigenvalue weighted by Crippen LogP contribution is 2.21. The van der Waals surface area contributed by atoms with Gasteiger partial charge in [0.25, 0.3) is 0 Å². The zero-order chi connectivity index (χ0) is 78.0. The van der Waals surface area contributed by atoms with Gasteiger partial charge in [0.05, 0.1) is 36.9 Å². The van der Waals surface area contributed by atoms with E-state index in [4.69, 9.17) is 11.5 Å². The summed E-state index contributed by atoms with van der Waals surface area (Å²) >= 11 is 1.93. The van der Waals surface area contributed by atoms with Crippen molar-refractivity contribution < 1.29 is 92.3 Å². The number of aliphatic hydroxyl groups excluding tert-OH is 1. The van der Waals surface area contributed by atoms with E-state index in [9.17, 15) is 82.8 Å². The first-order valence-electron chi connectivity index (χ1n) is 33.6. The number of aromatic hydroxyl groups is 1. The van der Waals surface area contributed by atoms with Crippen LogP contribution in [0, 0.1) is 5.92 Å². The smallest absolute Gasteiger partial charge is 0.326 e. The number of carboxylic acids is 2. The number of aliphatic carboxylic acids is 2. The van der Waals surface area contributed by atoms with Crippen LogP contribution < -0.4 is 80.6 Å². The molecular formula is C68H96N16O19S2. The summed E-state index contributed by atoms with van der Waals surface area (Å²) in [5.41, 5.74) is 13.4. The van der Waals surface area contributed by atoms with Crippen LogP contribution >= 0.6 is 23.5 Å². The summed E-state index contributed by atoms with van der Waals surface area (Å²) in [5.74, 6) is -16.2. The van der Waals surface area contributed by atoms with Crippen LogP contribution in [-0.4, -0.2) is 223 Å². The van der Waals surface area contributed by atoms with E-state index in [1.807, 2.05) is 0 Å². The molecule has 0 bridgehead atoms. The number of phenolic OH excluding ortho intramolecular Hbond substituents is 1. The molecule has 1 heterocycles. The predicted molar refractivity (Wildman–Crippen MR) is 387 cm³/mol. The van der Waals surface area contributed by atoms with Gasteiger partial charge in [-0.1, -0.05) is 74.5 Å². The number of aromatic nitrogens is 1. The number of nitrogens with one attached hydrogen (secondary N) is 14. The van der Waals surface area contributed by atoms with Crippen LogP contribution in [0.4, 0.5) is 0 Å². The number of H-pyrrole nitrogens is 1. The van der Waals surface area contributed by atoms with Crippen molar-refractivity contribution in [1.29, 1.82) is 0 Å². The monoisotopic (exact) mass is 1500 g/mol. The lowest BCUT2D eigenvalue weighted by Crippen LogP contribution is -2.62. The molecule has 0 unspecified atom stereocenters. The molecule has 35 nitrogen and oxygen atoms in total. The van der Waals surface area contributed by atoms with Crippen LogP contribution in [0.5, 0.6) is 5.75 Å². The minimum absolute atomic E-state index is 0.0100. The summed E-state index contributed by atoms with van der Waals surface area (Å²) in [7, 11) is 0. The van der Waals surface area contributed by atoms with Crippen molar-refractivity contribution in [1.82, 2.24) is 74.1 Å². The molecule has 12 atom stereocenters. The molecule has 4 aromatic rings. The fourth-order valence-electron chi connectivity index (χ4n) is 10.1. The molecule has 0 aliphatic carbocycles. The number of para-hydroxylation sites is 1. The number of aliphatic hydroxyl groups is 1. The number of carbonyl (C=O) groups is 15. The highest BCUT2D eigenvalue weighted by Gasteiger charge is 2.38. The van der Waals surface area contributed by atoms with Crippen molar-refractivity contribution in [2.75, 3.05) is 36.3 Å². The third-order valence-corrected chi connectivity index (χ3v) is 17.7. The number of benzene rings is 3. The molecule has 4 rings (SSSR count). The Morgan fingerprint density at radius 1 is 0.486 bits per heavy atom. The number of hydrogen-bond acceptors (Lipinski definition) is 21. The lowest BCUT2D eigenvalue weighted by atomic mass is 10.0. The van der Waals surface area contributed by atoms with Gasteiger partial charge in [-0.05, 0) is 87.4 Å². The van der Waals surface area contributed by atoms with E-state index in [1.165, 1.54) is 45.0 Å². The highest BCUT2D eigenvalue weighted by molar-refractivity contribution is 7.99. The molecule has 0 aliphatic heterocycles. The Morgan fingerprint density at radius 3 is 1.46 bits per heavy atom. The van der Waals surface area contributed by atoms with Crippen molar-refractivity contribution in [2.45, 2.75) is 166 Å². The van der Waals surface area contributed by atoms with Gasteiger partial charge in [-0.2, -0.15) is 0 Å². The number of unbranched alkanes of at least 4 members (excludes halogenated alkanes) is 1. The number of amides is 13. The third-order valence-electron chi connectivity index (χ3n) is 15.8. The minimum atomic E-state index is -1.98. The molecule has 1 aromatic heterocycles. The summed E-state index contributed by atoms with van der Waals surface area (Å²) in [5, 5.41) is 73.4. The lowest BCUT2D eigenvalue weighted by Gasteiger charge is -2.28. The van der Waals surface area contributed by atoms with Crippen LogP contribution in [0.25, 0.3) is 10.9 Å². The van der Waals surface area contributed by atoms with Gasteiger partial charge in [0.2, 0.25) is 76.8 Å². The van der Waals surface area contributed by atoms with Gasteiger partial charge >= 0.3 is 11.9 Å². The van der Waals surface area contributed by atoms with E-state index in [2.05, 4.69) is 74.1 Å². The quantitative estimate of drug-likeness (QED) is 0.0152. The van der Waals surface area contributed by atoms with Gasteiger partial charge in [0, 0.05) is 61.7 Å². The first-order valence-corrected chi connectivity index (χ1v) is 35.9. The Hall–Kier alpha value is -10.4. The Labute approximate surface area is 614 Å². The molecule has 0 spiro atoms. The van der Waals surface area contributed by atoms with Crippen molar-refractivity contribution in [3.05, 3.63) is 102 Å². The van der Waals surface area contributed by atoms with E-state index < -0.39 is 180 Å². The summed E-state index contributed by atoms with van der Waals surface area (Å²) in [4.78, 5) is 206. The Bertz CT molecular complexity index is 3660. The molecular weight excluding hydrogens is 1410 g/mol. The first kappa shape index (κ1) is 87.0. The van der Waals surface area contributed by atoms with Crippen LogP contribution in [-0.2, 0) is 91.2 Å². The maximum absolute atomic E-state index is 15.2. The number of nitrogens with two attached hydrogens (primary N) is 2. The van der Waals surface area contributed by atoms with Crippen molar-refractivity contribution in [3.63, 3.8) is 0 Å². The van der Waals surface area contributed by atoms with Gasteiger partial charge in [-0.3, -0.25) is 67.1 Å².